The van der Waals surface area contributed by atoms with E-state index in [0.29, 0.717) is 18.8 Å². The first-order chi connectivity index (χ1) is 15.6. The summed E-state index contributed by atoms with van der Waals surface area (Å²) in [7, 11) is 0. The molecule has 0 saturated heterocycles. The first-order valence-electron chi connectivity index (χ1n) is 11.2. The molecule has 6 nitrogen and oxygen atoms in total. The molecule has 2 aromatic carbocycles. The number of rotatable bonds is 13. The number of aliphatic hydroxyl groups is 1. The Kier molecular flexibility index (Phi) is 9.95. The summed E-state index contributed by atoms with van der Waals surface area (Å²) in [5.74, 6) is 1.12. The van der Waals surface area contributed by atoms with Gasteiger partial charge in [0.15, 0.2) is 6.29 Å². The Morgan fingerprint density at radius 3 is 1.76 bits per heavy atom. The Balaban J connectivity index is 1.87. The molecule has 1 N–H and O–H groups in total. The Bertz CT molecular complexity index is 884. The number of benzene rings is 2. The van der Waals surface area contributed by atoms with Gasteiger partial charge < -0.3 is 24.1 Å². The van der Waals surface area contributed by atoms with E-state index in [1.165, 1.54) is 0 Å². The van der Waals surface area contributed by atoms with E-state index in [-0.39, 0.29) is 30.5 Å². The van der Waals surface area contributed by atoms with Crippen LogP contribution in [0, 0.1) is 5.92 Å². The molecule has 0 aliphatic carbocycles. The van der Waals surface area contributed by atoms with E-state index < -0.39 is 6.29 Å². The van der Waals surface area contributed by atoms with Gasteiger partial charge in [0, 0.05) is 5.41 Å². The second-order valence-electron chi connectivity index (χ2n) is 8.76. The molecule has 180 valence electrons. The molecule has 0 fully saturated rings. The summed E-state index contributed by atoms with van der Waals surface area (Å²) < 4.78 is 21.7. The third-order valence-corrected chi connectivity index (χ3v) is 5.27. The van der Waals surface area contributed by atoms with Gasteiger partial charge in [-0.25, -0.2) is 0 Å². The second kappa shape index (κ2) is 12.4. The molecule has 33 heavy (non-hydrogen) atoms. The van der Waals surface area contributed by atoms with Gasteiger partial charge in [0.2, 0.25) is 0 Å². The Morgan fingerprint density at radius 1 is 0.879 bits per heavy atom. The predicted octanol–water partition coefficient (Wildman–Crippen LogP) is 4.88. The van der Waals surface area contributed by atoms with Gasteiger partial charge in [-0.15, -0.1) is 0 Å². The molecule has 1 atom stereocenters. The van der Waals surface area contributed by atoms with Crippen LogP contribution in [0.1, 0.15) is 45.7 Å². The molecule has 1 unspecified atom stereocenters. The third-order valence-electron chi connectivity index (χ3n) is 5.27. The maximum Gasteiger partial charge on any atom is 0.308 e. The van der Waals surface area contributed by atoms with Gasteiger partial charge in [0.1, 0.15) is 31.3 Å². The van der Waals surface area contributed by atoms with Gasteiger partial charge in [-0.05, 0) is 47.9 Å². The molecule has 2 aromatic rings. The molecule has 6 heteroatoms. The van der Waals surface area contributed by atoms with Crippen molar-refractivity contribution in [1.29, 1.82) is 0 Å². The summed E-state index contributed by atoms with van der Waals surface area (Å²) in [6, 6.07) is 15.9. The third kappa shape index (κ3) is 8.22. The topological polar surface area (TPSA) is 74.2 Å². The quantitative estimate of drug-likeness (QED) is 0.200. The van der Waals surface area contributed by atoms with E-state index in [2.05, 4.69) is 20.4 Å². The van der Waals surface area contributed by atoms with Crippen molar-refractivity contribution in [2.45, 2.75) is 46.3 Å². The van der Waals surface area contributed by atoms with Crippen LogP contribution >= 0.6 is 0 Å². The number of esters is 1. The lowest BCUT2D eigenvalue weighted by atomic mass is 9.78. The van der Waals surface area contributed by atoms with Crippen molar-refractivity contribution in [2.24, 2.45) is 5.92 Å². The second-order valence-corrected chi connectivity index (χ2v) is 8.76. The molecule has 2 rings (SSSR count). The highest BCUT2D eigenvalue weighted by Crippen LogP contribution is 2.33. The van der Waals surface area contributed by atoms with Crippen LogP contribution in [0.2, 0.25) is 0 Å². The van der Waals surface area contributed by atoms with Crippen LogP contribution in [0.25, 0.3) is 0 Å². The molecular weight excluding hydrogens is 420 g/mol. The van der Waals surface area contributed by atoms with Crippen LogP contribution in [-0.4, -0.2) is 43.8 Å². The van der Waals surface area contributed by atoms with Gasteiger partial charge in [-0.3, -0.25) is 4.79 Å². The molecule has 0 heterocycles. The Hall–Kier alpha value is -2.83. The number of carbonyl (C=O) groups is 1. The average Bonchev–Trinajstić information content (AvgIpc) is 2.79. The summed E-state index contributed by atoms with van der Waals surface area (Å²) in [6.45, 7) is 14.5. The lowest BCUT2D eigenvalue weighted by Crippen LogP contribution is -2.19. The lowest BCUT2D eigenvalue weighted by Gasteiger charge is -2.26. The van der Waals surface area contributed by atoms with Gasteiger partial charge >= 0.3 is 5.97 Å². The molecule has 0 bridgehead atoms. The molecule has 0 aliphatic heterocycles. The zero-order valence-electron chi connectivity index (χ0n) is 20.3. The van der Waals surface area contributed by atoms with Crippen molar-refractivity contribution in [3.05, 3.63) is 71.8 Å². The maximum absolute atomic E-state index is 11.5. The fourth-order valence-corrected chi connectivity index (χ4v) is 3.03. The summed E-state index contributed by atoms with van der Waals surface area (Å²) in [5.41, 5.74) is 2.65. The monoisotopic (exact) mass is 456 g/mol. The fraction of sp³-hybridized carbons (Fsp3) is 0.444. The van der Waals surface area contributed by atoms with E-state index in [4.69, 9.17) is 18.9 Å². The molecular formula is C27H36O6. The number of ether oxygens (including phenoxy) is 4. The van der Waals surface area contributed by atoms with E-state index in [1.54, 1.807) is 20.8 Å². The van der Waals surface area contributed by atoms with Gasteiger partial charge in [0.05, 0.1) is 12.5 Å². The molecule has 0 saturated carbocycles. The number of carbonyl (C=O) groups excluding carboxylic acids is 1. The van der Waals surface area contributed by atoms with Gasteiger partial charge in [-0.1, -0.05) is 58.5 Å². The van der Waals surface area contributed by atoms with Crippen molar-refractivity contribution in [1.82, 2.24) is 0 Å². The molecule has 0 spiro atoms. The highest BCUT2D eigenvalue weighted by Gasteiger charge is 2.23. The Morgan fingerprint density at radius 2 is 1.33 bits per heavy atom. The highest BCUT2D eigenvalue weighted by molar-refractivity contribution is 5.71. The molecule has 0 aliphatic rings. The van der Waals surface area contributed by atoms with Crippen molar-refractivity contribution < 1.29 is 28.8 Å². The predicted molar refractivity (Wildman–Crippen MR) is 129 cm³/mol. The average molecular weight is 457 g/mol. The first-order valence-corrected chi connectivity index (χ1v) is 11.2. The summed E-state index contributed by atoms with van der Waals surface area (Å²) in [5, 5.41) is 9.56. The Labute approximate surface area is 197 Å². The van der Waals surface area contributed by atoms with Crippen LogP contribution in [-0.2, 0) is 19.7 Å². The SMILES string of the molecule is C=C(C)C(O)OCCOc1ccc(C(C)(C)c2ccc(OCCOC(=O)C(C)C)cc2)cc1. The van der Waals surface area contributed by atoms with Crippen LogP contribution in [0.4, 0.5) is 0 Å². The van der Waals surface area contributed by atoms with Crippen molar-refractivity contribution >= 4 is 5.97 Å². The maximum atomic E-state index is 11.5. The number of aliphatic hydroxyl groups excluding tert-OH is 1. The van der Waals surface area contributed by atoms with Crippen molar-refractivity contribution in [3.8, 4) is 11.5 Å². The number of hydrogen-bond acceptors (Lipinski definition) is 6. The van der Waals surface area contributed by atoms with E-state index >= 15 is 0 Å². The van der Waals surface area contributed by atoms with E-state index in [1.807, 2.05) is 48.5 Å². The highest BCUT2D eigenvalue weighted by atomic mass is 16.6. The van der Waals surface area contributed by atoms with Gasteiger partial charge in [-0.2, -0.15) is 0 Å². The van der Waals surface area contributed by atoms with Crippen LogP contribution < -0.4 is 9.47 Å². The van der Waals surface area contributed by atoms with Gasteiger partial charge in [0.25, 0.3) is 0 Å². The standard InChI is InChI=1S/C27H36O6/c1-19(2)25(28)32-17-15-30-23-11-7-21(8-12-23)27(5,6)22-9-13-24(14-10-22)31-16-18-33-26(29)20(3)4/h7-14,20,25,28H,1,15-18H2,2-6H3. The van der Waals surface area contributed by atoms with Crippen molar-refractivity contribution in [2.75, 3.05) is 26.4 Å². The first kappa shape index (κ1) is 26.4. The van der Waals surface area contributed by atoms with E-state index in [0.717, 1.165) is 22.6 Å². The summed E-state index contributed by atoms with van der Waals surface area (Å²) >= 11 is 0. The zero-order valence-corrected chi connectivity index (χ0v) is 20.3. The van der Waals surface area contributed by atoms with Crippen molar-refractivity contribution in [3.63, 3.8) is 0 Å². The van der Waals surface area contributed by atoms with Crippen LogP contribution in [0.3, 0.4) is 0 Å². The van der Waals surface area contributed by atoms with Crippen LogP contribution in [0.5, 0.6) is 11.5 Å². The minimum absolute atomic E-state index is 0.137. The molecule has 0 amide bonds. The zero-order chi connectivity index (χ0) is 24.4. The molecule has 0 radical (unpaired) electrons. The number of hydrogen-bond donors (Lipinski definition) is 1. The minimum atomic E-state index is -0.962. The normalized spacial score (nSPS) is 12.3. The smallest absolute Gasteiger partial charge is 0.308 e. The summed E-state index contributed by atoms with van der Waals surface area (Å²) in [6.07, 6.45) is -0.962. The fourth-order valence-electron chi connectivity index (χ4n) is 3.03. The minimum Gasteiger partial charge on any atom is -0.491 e. The summed E-state index contributed by atoms with van der Waals surface area (Å²) in [4.78, 5) is 11.5. The largest absolute Gasteiger partial charge is 0.491 e. The molecule has 0 aromatic heterocycles. The van der Waals surface area contributed by atoms with Crippen LogP contribution in [0.15, 0.2) is 60.7 Å². The lowest BCUT2D eigenvalue weighted by molar-refractivity contribution is -0.148. The van der Waals surface area contributed by atoms with E-state index in [9.17, 15) is 9.90 Å².